The largest absolute Gasteiger partial charge is 0.416 e. The highest BCUT2D eigenvalue weighted by atomic mass is 32.2. The first-order valence-electron chi connectivity index (χ1n) is 10.5. The van der Waals surface area contributed by atoms with Gasteiger partial charge in [-0.1, -0.05) is 17.8 Å². The molecule has 3 heterocycles. The summed E-state index contributed by atoms with van der Waals surface area (Å²) < 4.78 is 40.0. The van der Waals surface area contributed by atoms with Gasteiger partial charge in [0, 0.05) is 24.8 Å². The van der Waals surface area contributed by atoms with E-state index in [0.29, 0.717) is 29.8 Å². The molecule has 178 valence electrons. The lowest BCUT2D eigenvalue weighted by atomic mass is 10.2. The average molecular weight is 491 g/mol. The SMILES string of the molecule is CC(Sc1nnc(CN2CCCC2=O)n1-c1ccccn1)C(=O)Nc1ccc(C(F)(F)F)cc1. The summed E-state index contributed by atoms with van der Waals surface area (Å²) in [6.45, 7) is 2.57. The number of aromatic nitrogens is 4. The molecule has 1 fully saturated rings. The van der Waals surface area contributed by atoms with Crippen molar-refractivity contribution in [3.8, 4) is 5.82 Å². The first-order valence-corrected chi connectivity index (χ1v) is 11.4. The summed E-state index contributed by atoms with van der Waals surface area (Å²) in [5, 5.41) is 10.8. The third-order valence-electron chi connectivity index (χ3n) is 5.21. The molecule has 1 aliphatic heterocycles. The van der Waals surface area contributed by atoms with Gasteiger partial charge in [-0.2, -0.15) is 13.2 Å². The van der Waals surface area contributed by atoms with Crippen molar-refractivity contribution in [3.05, 3.63) is 60.0 Å². The molecule has 2 amide bonds. The van der Waals surface area contributed by atoms with Crippen molar-refractivity contribution in [1.29, 1.82) is 0 Å². The zero-order valence-corrected chi connectivity index (χ0v) is 18.9. The fourth-order valence-corrected chi connectivity index (χ4v) is 4.31. The van der Waals surface area contributed by atoms with Gasteiger partial charge < -0.3 is 10.2 Å². The standard InChI is InChI=1S/C22H21F3N6O2S/c1-14(20(33)27-16-9-7-15(8-10-16)22(23,24)25)34-21-29-28-18(13-30-12-4-6-19(30)32)31(21)17-5-2-3-11-26-17/h2-3,5,7-11,14H,4,6,12-13H2,1H3,(H,27,33). The Hall–Kier alpha value is -3.41. The molecule has 1 unspecified atom stereocenters. The number of nitrogens with one attached hydrogen (secondary N) is 1. The van der Waals surface area contributed by atoms with Crippen LogP contribution < -0.4 is 5.32 Å². The van der Waals surface area contributed by atoms with Crippen molar-refractivity contribution in [2.24, 2.45) is 0 Å². The van der Waals surface area contributed by atoms with Gasteiger partial charge >= 0.3 is 6.18 Å². The molecule has 1 saturated heterocycles. The maximum absolute atomic E-state index is 12.7. The first-order chi connectivity index (χ1) is 16.2. The number of hydrogen-bond acceptors (Lipinski definition) is 6. The normalized spacial score (nSPS) is 14.9. The monoisotopic (exact) mass is 490 g/mol. The summed E-state index contributed by atoms with van der Waals surface area (Å²) in [6, 6.07) is 9.59. The lowest BCUT2D eigenvalue weighted by Crippen LogP contribution is -2.26. The summed E-state index contributed by atoms with van der Waals surface area (Å²) >= 11 is 1.13. The van der Waals surface area contributed by atoms with Gasteiger partial charge in [-0.3, -0.25) is 14.2 Å². The fourth-order valence-electron chi connectivity index (χ4n) is 3.44. The van der Waals surface area contributed by atoms with E-state index in [4.69, 9.17) is 0 Å². The van der Waals surface area contributed by atoms with Crippen molar-refractivity contribution in [1.82, 2.24) is 24.6 Å². The Labute approximate surface area is 197 Å². The number of thioether (sulfide) groups is 1. The van der Waals surface area contributed by atoms with Crippen molar-refractivity contribution in [2.45, 2.75) is 42.9 Å². The lowest BCUT2D eigenvalue weighted by molar-refractivity contribution is -0.137. The highest BCUT2D eigenvalue weighted by Gasteiger charge is 2.30. The van der Waals surface area contributed by atoms with Crippen LogP contribution in [0.3, 0.4) is 0 Å². The summed E-state index contributed by atoms with van der Waals surface area (Å²) in [5.41, 5.74) is -0.537. The number of benzene rings is 1. The van der Waals surface area contributed by atoms with Gasteiger partial charge in [0.1, 0.15) is 5.82 Å². The first kappa shape index (κ1) is 23.7. The quantitative estimate of drug-likeness (QED) is 0.505. The van der Waals surface area contributed by atoms with E-state index in [0.717, 1.165) is 30.3 Å². The molecule has 4 rings (SSSR count). The second kappa shape index (κ2) is 9.84. The predicted molar refractivity (Wildman–Crippen MR) is 119 cm³/mol. The Bertz CT molecular complexity index is 1170. The number of nitrogens with zero attached hydrogens (tertiary/aromatic N) is 5. The van der Waals surface area contributed by atoms with Crippen LogP contribution in [0.4, 0.5) is 18.9 Å². The molecule has 0 radical (unpaired) electrons. The summed E-state index contributed by atoms with van der Waals surface area (Å²) in [5.74, 6) is 0.712. The van der Waals surface area contributed by atoms with Gasteiger partial charge in [0.15, 0.2) is 11.0 Å². The van der Waals surface area contributed by atoms with Crippen LogP contribution >= 0.6 is 11.8 Å². The molecule has 3 aromatic rings. The average Bonchev–Trinajstić information content (AvgIpc) is 3.40. The molecule has 1 atom stereocenters. The lowest BCUT2D eigenvalue weighted by Gasteiger charge is -2.17. The number of rotatable bonds is 7. The van der Waals surface area contributed by atoms with Crippen LogP contribution in [0.5, 0.6) is 0 Å². The van der Waals surface area contributed by atoms with Gasteiger partial charge in [-0.15, -0.1) is 10.2 Å². The highest BCUT2D eigenvalue weighted by molar-refractivity contribution is 8.00. The van der Waals surface area contributed by atoms with Crippen LogP contribution in [0.2, 0.25) is 0 Å². The van der Waals surface area contributed by atoms with Crippen molar-refractivity contribution >= 4 is 29.3 Å². The maximum Gasteiger partial charge on any atom is 0.416 e. The number of anilines is 1. The minimum atomic E-state index is -4.45. The molecule has 0 saturated carbocycles. The van der Waals surface area contributed by atoms with Gasteiger partial charge in [-0.05, 0) is 49.7 Å². The molecule has 0 bridgehead atoms. The second-order valence-corrected chi connectivity index (χ2v) is 8.97. The second-order valence-electron chi connectivity index (χ2n) is 7.67. The van der Waals surface area contributed by atoms with Crippen molar-refractivity contribution in [3.63, 3.8) is 0 Å². The van der Waals surface area contributed by atoms with Gasteiger partial charge in [-0.25, -0.2) is 4.98 Å². The van der Waals surface area contributed by atoms with Crippen LogP contribution in [0.1, 0.15) is 31.2 Å². The van der Waals surface area contributed by atoms with Gasteiger partial charge in [0.25, 0.3) is 0 Å². The third-order valence-corrected chi connectivity index (χ3v) is 6.26. The van der Waals surface area contributed by atoms with E-state index < -0.39 is 22.9 Å². The van der Waals surface area contributed by atoms with E-state index in [1.165, 1.54) is 12.1 Å². The number of carbonyl (C=O) groups excluding carboxylic acids is 2. The number of pyridine rings is 1. The van der Waals surface area contributed by atoms with Crippen LogP contribution in [0.15, 0.2) is 53.8 Å². The minimum Gasteiger partial charge on any atom is -0.335 e. The molecule has 12 heteroatoms. The Kier molecular flexibility index (Phi) is 6.87. The summed E-state index contributed by atoms with van der Waals surface area (Å²) in [4.78, 5) is 30.8. The highest BCUT2D eigenvalue weighted by Crippen LogP contribution is 2.30. The van der Waals surface area contributed by atoms with Crippen molar-refractivity contribution < 1.29 is 22.8 Å². The summed E-state index contributed by atoms with van der Waals surface area (Å²) in [7, 11) is 0. The molecular weight excluding hydrogens is 469 g/mol. The van der Waals surface area contributed by atoms with E-state index in [2.05, 4.69) is 20.5 Å². The zero-order chi connectivity index (χ0) is 24.3. The van der Waals surface area contributed by atoms with E-state index in [9.17, 15) is 22.8 Å². The van der Waals surface area contributed by atoms with E-state index >= 15 is 0 Å². The topological polar surface area (TPSA) is 93.0 Å². The van der Waals surface area contributed by atoms with Gasteiger partial charge in [0.2, 0.25) is 11.8 Å². The Balaban J connectivity index is 1.51. The number of likely N-dealkylation sites (tertiary alicyclic amines) is 1. The maximum atomic E-state index is 12.7. The number of hydrogen-bond donors (Lipinski definition) is 1. The molecule has 2 aromatic heterocycles. The predicted octanol–water partition coefficient (Wildman–Crippen LogP) is 3.92. The molecule has 0 spiro atoms. The van der Waals surface area contributed by atoms with Crippen LogP contribution in [-0.4, -0.2) is 48.3 Å². The Morgan fingerprint density at radius 2 is 1.94 bits per heavy atom. The van der Waals surface area contributed by atoms with E-state index in [-0.39, 0.29) is 18.1 Å². The molecule has 8 nitrogen and oxygen atoms in total. The zero-order valence-electron chi connectivity index (χ0n) is 18.1. The van der Waals surface area contributed by atoms with Crippen molar-refractivity contribution in [2.75, 3.05) is 11.9 Å². The molecule has 34 heavy (non-hydrogen) atoms. The molecule has 1 aromatic carbocycles. The number of carbonyl (C=O) groups is 2. The van der Waals surface area contributed by atoms with Crippen LogP contribution in [-0.2, 0) is 22.3 Å². The van der Waals surface area contributed by atoms with E-state index in [1.807, 2.05) is 6.07 Å². The van der Waals surface area contributed by atoms with Gasteiger partial charge in [0.05, 0.1) is 17.4 Å². The van der Waals surface area contributed by atoms with Crippen LogP contribution in [0, 0.1) is 0 Å². The number of halogens is 3. The Morgan fingerprint density at radius 3 is 2.56 bits per heavy atom. The molecule has 0 aliphatic carbocycles. The van der Waals surface area contributed by atoms with E-state index in [1.54, 1.807) is 34.7 Å². The minimum absolute atomic E-state index is 0.0501. The fraction of sp³-hybridized carbons (Fsp3) is 0.318. The molecule has 1 N–H and O–H groups in total. The molecule has 1 aliphatic rings. The third kappa shape index (κ3) is 5.38. The number of alkyl halides is 3. The smallest absolute Gasteiger partial charge is 0.335 e. The Morgan fingerprint density at radius 1 is 1.18 bits per heavy atom. The van der Waals surface area contributed by atoms with Crippen LogP contribution in [0.25, 0.3) is 5.82 Å². The summed E-state index contributed by atoms with van der Waals surface area (Å²) in [6.07, 6.45) is -1.53. The molecular formula is C22H21F3N6O2S. The number of amides is 2.